The molecule has 0 radical (unpaired) electrons. The second-order valence-corrected chi connectivity index (χ2v) is 13.2. The van der Waals surface area contributed by atoms with Crippen LogP contribution in [0, 0.1) is 10.1 Å². The van der Waals surface area contributed by atoms with Crippen molar-refractivity contribution in [3.05, 3.63) is 123 Å². The van der Waals surface area contributed by atoms with Crippen LogP contribution >= 0.6 is 0 Å². The van der Waals surface area contributed by atoms with Crippen LogP contribution < -0.4 is 10.2 Å². The monoisotopic (exact) mass is 646 g/mol. The van der Waals surface area contributed by atoms with Crippen molar-refractivity contribution in [2.75, 3.05) is 24.5 Å². The van der Waals surface area contributed by atoms with Gasteiger partial charge in [-0.2, -0.15) is 0 Å². The Bertz CT molecular complexity index is 1860. The topological polar surface area (TPSA) is 131 Å². The average molecular weight is 647 g/mol. The Morgan fingerprint density at radius 1 is 1.02 bits per heavy atom. The molecule has 1 spiro atoms. The molecule has 1 aliphatic carbocycles. The van der Waals surface area contributed by atoms with Gasteiger partial charge in [0.05, 0.1) is 16.2 Å². The molecular formula is C37H38N6O5. The summed E-state index contributed by atoms with van der Waals surface area (Å²) in [6.45, 7) is 7.68. The van der Waals surface area contributed by atoms with Crippen molar-refractivity contribution in [2.45, 2.75) is 63.6 Å². The lowest BCUT2D eigenvalue weighted by molar-refractivity contribution is -0.384. The molecule has 2 aliphatic heterocycles. The molecule has 48 heavy (non-hydrogen) atoms. The number of hydrogen-bond acceptors (Lipinski definition) is 9. The Balaban J connectivity index is 1.19. The summed E-state index contributed by atoms with van der Waals surface area (Å²) in [6.07, 6.45) is 3.48. The highest BCUT2D eigenvalue weighted by Gasteiger charge is 2.48. The van der Waals surface area contributed by atoms with Crippen LogP contribution in [-0.4, -0.2) is 51.3 Å². The van der Waals surface area contributed by atoms with E-state index in [-0.39, 0.29) is 28.5 Å². The average Bonchev–Trinajstić information content (AvgIpc) is 3.59. The molecule has 3 aliphatic rings. The molecule has 0 bridgehead atoms. The third-order valence-corrected chi connectivity index (χ3v) is 10.1. The van der Waals surface area contributed by atoms with Crippen molar-refractivity contribution in [3.63, 3.8) is 0 Å². The van der Waals surface area contributed by atoms with E-state index in [0.717, 1.165) is 61.7 Å². The molecule has 0 saturated carbocycles. The highest BCUT2D eigenvalue weighted by molar-refractivity contribution is 5.90. The largest absolute Gasteiger partial charge is 0.452 e. The Hall–Kier alpha value is -5.16. The minimum Gasteiger partial charge on any atom is -0.452 e. The number of rotatable bonds is 8. The summed E-state index contributed by atoms with van der Waals surface area (Å²) in [7, 11) is 0. The predicted molar refractivity (Wildman–Crippen MR) is 180 cm³/mol. The van der Waals surface area contributed by atoms with Crippen LogP contribution in [0.15, 0.2) is 79.1 Å². The number of esters is 1. The number of nitrogens with one attached hydrogen (secondary N) is 1. The molecule has 1 saturated heterocycles. The molecule has 246 valence electrons. The lowest BCUT2D eigenvalue weighted by atomic mass is 9.72. The van der Waals surface area contributed by atoms with Gasteiger partial charge in [0.25, 0.3) is 5.69 Å². The fraction of sp³-hybridized carbons (Fsp3) is 0.351. The fourth-order valence-corrected chi connectivity index (χ4v) is 7.75. The van der Waals surface area contributed by atoms with E-state index >= 15 is 0 Å². The second-order valence-electron chi connectivity index (χ2n) is 13.2. The number of aromatic nitrogens is 2. The molecular weight excluding hydrogens is 608 g/mol. The van der Waals surface area contributed by atoms with E-state index in [9.17, 15) is 19.7 Å². The van der Waals surface area contributed by atoms with Gasteiger partial charge in [0.15, 0.2) is 0 Å². The quantitative estimate of drug-likeness (QED) is 0.137. The minimum absolute atomic E-state index is 0.0288. The van der Waals surface area contributed by atoms with Crippen molar-refractivity contribution in [1.29, 1.82) is 0 Å². The number of ether oxygens (including phenoxy) is 1. The smallest absolute Gasteiger partial charge is 0.338 e. The Morgan fingerprint density at radius 2 is 1.77 bits per heavy atom. The van der Waals surface area contributed by atoms with Gasteiger partial charge < -0.3 is 15.0 Å². The number of amides is 1. The van der Waals surface area contributed by atoms with Crippen LogP contribution in [0.1, 0.15) is 83.4 Å². The highest BCUT2D eigenvalue weighted by Crippen LogP contribution is 2.54. The van der Waals surface area contributed by atoms with Gasteiger partial charge in [-0.1, -0.05) is 49.4 Å². The van der Waals surface area contributed by atoms with Gasteiger partial charge in [0, 0.05) is 55.4 Å². The summed E-state index contributed by atoms with van der Waals surface area (Å²) in [5.41, 5.74) is 6.49. The first kappa shape index (κ1) is 31.4. The number of likely N-dealkylation sites (tertiary alicyclic amines) is 1. The summed E-state index contributed by atoms with van der Waals surface area (Å²) in [6, 6.07) is 22.3. The van der Waals surface area contributed by atoms with Crippen LogP contribution in [-0.2, 0) is 28.0 Å². The van der Waals surface area contributed by atoms with Gasteiger partial charge in [0.1, 0.15) is 18.2 Å². The van der Waals surface area contributed by atoms with Gasteiger partial charge in [-0.25, -0.2) is 14.8 Å². The molecule has 4 aromatic rings. The first-order valence-corrected chi connectivity index (χ1v) is 16.4. The van der Waals surface area contributed by atoms with Gasteiger partial charge in [-0.05, 0) is 73.2 Å². The highest BCUT2D eigenvalue weighted by atomic mass is 16.6. The number of benzene rings is 3. The normalized spacial score (nSPS) is 19.5. The first-order chi connectivity index (χ1) is 23.2. The molecule has 2 atom stereocenters. The number of nitro groups is 1. The van der Waals surface area contributed by atoms with E-state index in [1.165, 1.54) is 35.4 Å². The summed E-state index contributed by atoms with van der Waals surface area (Å²) < 4.78 is 5.96. The number of fused-ring (bicyclic) bond motifs is 3. The molecule has 7 rings (SSSR count). The molecule has 1 amide bonds. The molecule has 0 unspecified atom stereocenters. The van der Waals surface area contributed by atoms with E-state index in [0.29, 0.717) is 18.7 Å². The van der Waals surface area contributed by atoms with Crippen molar-refractivity contribution in [2.24, 2.45) is 0 Å². The Morgan fingerprint density at radius 3 is 2.48 bits per heavy atom. The third kappa shape index (κ3) is 5.90. The van der Waals surface area contributed by atoms with Gasteiger partial charge in [-0.3, -0.25) is 19.8 Å². The molecule has 11 heteroatoms. The number of carbonyl (C=O) groups is 2. The number of carbonyl (C=O) groups excluding carboxylic acids is 2. The fourth-order valence-electron chi connectivity index (χ4n) is 7.75. The molecule has 1 N–H and O–H groups in total. The van der Waals surface area contributed by atoms with Crippen molar-refractivity contribution < 1.29 is 19.2 Å². The van der Waals surface area contributed by atoms with E-state index in [4.69, 9.17) is 9.72 Å². The van der Waals surface area contributed by atoms with Crippen LogP contribution in [0.3, 0.4) is 0 Å². The zero-order valence-electron chi connectivity index (χ0n) is 27.1. The molecule has 3 aromatic carbocycles. The summed E-state index contributed by atoms with van der Waals surface area (Å²) >= 11 is 0. The number of anilines is 2. The zero-order valence-corrected chi connectivity index (χ0v) is 27.1. The minimum atomic E-state index is -0.567. The number of hydrogen-bond donors (Lipinski definition) is 1. The van der Waals surface area contributed by atoms with E-state index in [1.807, 2.05) is 12.1 Å². The second kappa shape index (κ2) is 12.8. The maximum Gasteiger partial charge on any atom is 0.338 e. The predicted octanol–water partition coefficient (Wildman–Crippen LogP) is 6.11. The number of nitro benzene ring substituents is 1. The maximum absolute atomic E-state index is 13.1. The molecule has 11 nitrogen and oxygen atoms in total. The molecule has 1 fully saturated rings. The number of piperidine rings is 1. The van der Waals surface area contributed by atoms with Crippen LogP contribution in [0.25, 0.3) is 0 Å². The summed E-state index contributed by atoms with van der Waals surface area (Å²) in [4.78, 5) is 50.0. The summed E-state index contributed by atoms with van der Waals surface area (Å²) in [5.74, 6) is 0.237. The van der Waals surface area contributed by atoms with E-state index < -0.39 is 17.0 Å². The molecule has 3 heterocycles. The van der Waals surface area contributed by atoms with Crippen molar-refractivity contribution >= 4 is 29.1 Å². The van der Waals surface area contributed by atoms with Crippen molar-refractivity contribution in [1.82, 2.24) is 20.2 Å². The van der Waals surface area contributed by atoms with Crippen LogP contribution in [0.2, 0.25) is 0 Å². The van der Waals surface area contributed by atoms with Crippen molar-refractivity contribution in [3.8, 4) is 0 Å². The van der Waals surface area contributed by atoms with Crippen LogP contribution in [0.4, 0.5) is 17.2 Å². The lowest BCUT2D eigenvalue weighted by Crippen LogP contribution is -2.45. The van der Waals surface area contributed by atoms with E-state index in [1.54, 1.807) is 13.3 Å². The maximum atomic E-state index is 13.1. The standard InChI is InChI=1S/C37H38N6O5/c1-24-19-31(48-36(45)27-11-13-29(14-12-27)43(46)47)34-32(24)35(40-23-39-34)42-22-37(33-28(20-38-25(2)44)9-6-10-30(33)42)15-17-41(18-16-37)21-26-7-4-3-5-8-26/h3-14,23-24,31H,15-22H2,1-2H3,(H,38,44)/t24-,31-/m1/s1. The summed E-state index contributed by atoms with van der Waals surface area (Å²) in [5, 5.41) is 14.1. The van der Waals surface area contributed by atoms with E-state index in [2.05, 4.69) is 63.4 Å². The Kier molecular flexibility index (Phi) is 8.38. The third-order valence-electron chi connectivity index (χ3n) is 10.1. The first-order valence-electron chi connectivity index (χ1n) is 16.4. The zero-order chi connectivity index (χ0) is 33.4. The molecule has 1 aromatic heterocycles. The van der Waals surface area contributed by atoms with Gasteiger partial charge >= 0.3 is 5.97 Å². The number of nitrogens with zero attached hydrogens (tertiary/aromatic N) is 5. The lowest BCUT2D eigenvalue weighted by Gasteiger charge is -2.40. The Labute approximate surface area is 279 Å². The SMILES string of the molecule is CC(=O)NCc1cccc2c1C1(CCN(Cc3ccccc3)CC1)CN2c1ncnc2c1[C@H](C)C[C@H]2OC(=O)c1ccc([N+](=O)[O-])cc1. The van der Waals surface area contributed by atoms with Gasteiger partial charge in [0.2, 0.25) is 5.91 Å². The number of non-ortho nitro benzene ring substituents is 1. The van der Waals surface area contributed by atoms with Gasteiger partial charge in [-0.15, -0.1) is 0 Å². The van der Waals surface area contributed by atoms with Crippen LogP contribution in [0.5, 0.6) is 0 Å².